The van der Waals surface area contributed by atoms with Gasteiger partial charge in [-0.05, 0) is 18.9 Å². The number of H-pyrrole nitrogens is 1. The lowest BCUT2D eigenvalue weighted by Crippen LogP contribution is -1.79. The van der Waals surface area contributed by atoms with Crippen LogP contribution in [0, 0.1) is 0 Å². The van der Waals surface area contributed by atoms with E-state index >= 15 is 0 Å². The summed E-state index contributed by atoms with van der Waals surface area (Å²) in [7, 11) is 0. The first kappa shape index (κ1) is 6.88. The normalized spacial score (nSPS) is 16.6. The number of pyridine rings is 1. The summed E-state index contributed by atoms with van der Waals surface area (Å²) in [6.07, 6.45) is 3.84. The molecule has 13 heavy (non-hydrogen) atoms. The minimum Gasteiger partial charge on any atom is -0.506 e. The van der Waals surface area contributed by atoms with Crippen molar-refractivity contribution in [3.05, 3.63) is 18.0 Å². The number of hydrogen-bond donors (Lipinski definition) is 2. The molecule has 1 aliphatic carbocycles. The molecule has 2 aromatic heterocycles. The van der Waals surface area contributed by atoms with E-state index in [0.29, 0.717) is 5.92 Å². The van der Waals surface area contributed by atoms with Crippen LogP contribution in [0.4, 0.5) is 0 Å². The molecule has 0 radical (unpaired) electrons. The van der Waals surface area contributed by atoms with Crippen LogP contribution < -0.4 is 0 Å². The smallest absolute Gasteiger partial charge is 0.155 e. The Balaban J connectivity index is 2.29. The lowest BCUT2D eigenvalue weighted by molar-refractivity contribution is 0.474. The van der Waals surface area contributed by atoms with Gasteiger partial charge in [-0.15, -0.1) is 0 Å². The van der Waals surface area contributed by atoms with E-state index in [-0.39, 0.29) is 5.75 Å². The van der Waals surface area contributed by atoms with Gasteiger partial charge >= 0.3 is 0 Å². The van der Waals surface area contributed by atoms with Gasteiger partial charge in [-0.25, -0.2) is 4.98 Å². The first-order chi connectivity index (χ1) is 6.34. The van der Waals surface area contributed by atoms with E-state index in [1.165, 1.54) is 19.0 Å². The molecule has 3 rings (SSSR count). The topological polar surface area (TPSA) is 61.8 Å². The number of fused-ring (bicyclic) bond motifs is 1. The molecule has 0 spiro atoms. The summed E-state index contributed by atoms with van der Waals surface area (Å²) in [6.45, 7) is 0. The maximum atomic E-state index is 9.27. The van der Waals surface area contributed by atoms with E-state index in [4.69, 9.17) is 0 Å². The van der Waals surface area contributed by atoms with Gasteiger partial charge in [-0.1, -0.05) is 0 Å². The van der Waals surface area contributed by atoms with E-state index in [0.717, 1.165) is 16.7 Å². The SMILES string of the molecule is Oc1cnc2[nH]nc(C3CC3)c2c1. The molecule has 1 aliphatic rings. The average Bonchev–Trinajstić information content (AvgIpc) is 2.87. The van der Waals surface area contributed by atoms with Gasteiger partial charge in [0, 0.05) is 11.3 Å². The number of nitrogens with zero attached hydrogens (tertiary/aromatic N) is 2. The molecule has 4 heteroatoms. The van der Waals surface area contributed by atoms with Crippen molar-refractivity contribution in [3.8, 4) is 5.75 Å². The van der Waals surface area contributed by atoms with Gasteiger partial charge in [-0.2, -0.15) is 5.10 Å². The van der Waals surface area contributed by atoms with Crippen LogP contribution in [-0.4, -0.2) is 20.3 Å². The van der Waals surface area contributed by atoms with E-state index < -0.39 is 0 Å². The maximum Gasteiger partial charge on any atom is 0.155 e. The zero-order valence-electron chi connectivity index (χ0n) is 6.99. The molecule has 66 valence electrons. The summed E-state index contributed by atoms with van der Waals surface area (Å²) in [5, 5.41) is 17.3. The van der Waals surface area contributed by atoms with E-state index in [9.17, 15) is 5.11 Å². The summed E-state index contributed by atoms with van der Waals surface area (Å²) in [5.41, 5.74) is 1.82. The predicted octanol–water partition coefficient (Wildman–Crippen LogP) is 1.54. The number of aromatic hydroxyl groups is 1. The summed E-state index contributed by atoms with van der Waals surface area (Å²) in [6, 6.07) is 1.72. The molecule has 0 unspecified atom stereocenters. The Hall–Kier alpha value is -1.58. The van der Waals surface area contributed by atoms with Gasteiger partial charge in [0.25, 0.3) is 0 Å². The number of nitrogens with one attached hydrogen (secondary N) is 1. The fourth-order valence-electron chi connectivity index (χ4n) is 1.58. The molecule has 1 saturated carbocycles. The molecule has 2 aromatic rings. The Kier molecular flexibility index (Phi) is 1.17. The quantitative estimate of drug-likeness (QED) is 0.691. The molecule has 2 heterocycles. The fraction of sp³-hybridized carbons (Fsp3) is 0.333. The van der Waals surface area contributed by atoms with Gasteiger partial charge in [0.15, 0.2) is 5.65 Å². The average molecular weight is 175 g/mol. The highest BCUT2D eigenvalue weighted by molar-refractivity contribution is 5.79. The van der Waals surface area contributed by atoms with Crippen LogP contribution in [0.2, 0.25) is 0 Å². The Labute approximate surface area is 74.6 Å². The molecule has 0 aliphatic heterocycles. The molecule has 4 nitrogen and oxygen atoms in total. The maximum absolute atomic E-state index is 9.27. The first-order valence-corrected chi connectivity index (χ1v) is 4.37. The van der Waals surface area contributed by atoms with Crippen LogP contribution in [0.15, 0.2) is 12.3 Å². The summed E-state index contributed by atoms with van der Waals surface area (Å²) in [5.74, 6) is 0.785. The van der Waals surface area contributed by atoms with Crippen LogP contribution >= 0.6 is 0 Å². The Morgan fingerprint density at radius 2 is 2.31 bits per heavy atom. The molecule has 1 fully saturated rings. The zero-order valence-corrected chi connectivity index (χ0v) is 6.99. The highest BCUT2D eigenvalue weighted by Crippen LogP contribution is 2.41. The van der Waals surface area contributed by atoms with Crippen LogP contribution in [0.1, 0.15) is 24.5 Å². The van der Waals surface area contributed by atoms with Gasteiger partial charge in [0.2, 0.25) is 0 Å². The monoisotopic (exact) mass is 175 g/mol. The molecule has 2 N–H and O–H groups in total. The predicted molar refractivity (Wildman–Crippen MR) is 47.5 cm³/mol. The Morgan fingerprint density at radius 3 is 3.08 bits per heavy atom. The van der Waals surface area contributed by atoms with Crippen molar-refractivity contribution in [3.63, 3.8) is 0 Å². The van der Waals surface area contributed by atoms with Crippen molar-refractivity contribution < 1.29 is 5.11 Å². The van der Waals surface area contributed by atoms with Crippen molar-refractivity contribution in [2.45, 2.75) is 18.8 Å². The highest BCUT2D eigenvalue weighted by atomic mass is 16.3. The minimum absolute atomic E-state index is 0.204. The van der Waals surface area contributed by atoms with Gasteiger partial charge < -0.3 is 5.11 Å². The number of aromatic nitrogens is 3. The van der Waals surface area contributed by atoms with E-state index in [1.54, 1.807) is 6.07 Å². The first-order valence-electron chi connectivity index (χ1n) is 4.37. The van der Waals surface area contributed by atoms with Gasteiger partial charge in [0.1, 0.15) is 5.75 Å². The second-order valence-corrected chi connectivity index (χ2v) is 3.47. The van der Waals surface area contributed by atoms with Crippen molar-refractivity contribution in [2.75, 3.05) is 0 Å². The summed E-state index contributed by atoms with van der Waals surface area (Å²) >= 11 is 0. The summed E-state index contributed by atoms with van der Waals surface area (Å²) < 4.78 is 0. The van der Waals surface area contributed by atoms with Crippen molar-refractivity contribution in [2.24, 2.45) is 0 Å². The second-order valence-electron chi connectivity index (χ2n) is 3.47. The number of rotatable bonds is 1. The van der Waals surface area contributed by atoms with Crippen molar-refractivity contribution in [1.29, 1.82) is 0 Å². The third-order valence-corrected chi connectivity index (χ3v) is 2.40. The van der Waals surface area contributed by atoms with Gasteiger partial charge in [0.05, 0.1) is 11.9 Å². The second kappa shape index (κ2) is 2.22. The van der Waals surface area contributed by atoms with Crippen LogP contribution in [0.3, 0.4) is 0 Å². The molecule has 0 amide bonds. The standard InChI is InChI=1S/C9H9N3O/c13-6-3-7-8(5-1-2-5)11-12-9(7)10-4-6/h3-5,13H,1-2H2,(H,10,11,12). The minimum atomic E-state index is 0.204. The highest BCUT2D eigenvalue weighted by Gasteiger charge is 2.28. The lowest BCUT2D eigenvalue weighted by atomic mass is 10.2. The zero-order chi connectivity index (χ0) is 8.84. The molecule has 0 saturated heterocycles. The van der Waals surface area contributed by atoms with Crippen LogP contribution in [-0.2, 0) is 0 Å². The van der Waals surface area contributed by atoms with E-state index in [1.807, 2.05) is 0 Å². The number of aromatic amines is 1. The molecule has 0 bridgehead atoms. The number of hydrogen-bond acceptors (Lipinski definition) is 3. The summed E-state index contributed by atoms with van der Waals surface area (Å²) in [4.78, 5) is 4.04. The van der Waals surface area contributed by atoms with Crippen molar-refractivity contribution >= 4 is 11.0 Å². The van der Waals surface area contributed by atoms with Gasteiger partial charge in [-0.3, -0.25) is 5.10 Å². The fourth-order valence-corrected chi connectivity index (χ4v) is 1.58. The molecular formula is C9H9N3O. The van der Waals surface area contributed by atoms with Crippen LogP contribution in [0.25, 0.3) is 11.0 Å². The lowest BCUT2D eigenvalue weighted by Gasteiger charge is -1.92. The molecule has 0 atom stereocenters. The Bertz CT molecular complexity index is 459. The Morgan fingerprint density at radius 1 is 1.46 bits per heavy atom. The van der Waals surface area contributed by atoms with E-state index in [2.05, 4.69) is 15.2 Å². The molecular weight excluding hydrogens is 166 g/mol. The molecule has 0 aromatic carbocycles. The third kappa shape index (κ3) is 0.983. The van der Waals surface area contributed by atoms with Crippen molar-refractivity contribution in [1.82, 2.24) is 15.2 Å². The largest absolute Gasteiger partial charge is 0.506 e. The van der Waals surface area contributed by atoms with Crippen LogP contribution in [0.5, 0.6) is 5.75 Å². The third-order valence-electron chi connectivity index (χ3n) is 2.40.